The minimum atomic E-state index is 0.519. The van der Waals surface area contributed by atoms with Gasteiger partial charge in [0.2, 0.25) is 0 Å². The number of hydrogen-bond acceptors (Lipinski definition) is 5. The van der Waals surface area contributed by atoms with Crippen molar-refractivity contribution in [3.05, 3.63) is 34.9 Å². The summed E-state index contributed by atoms with van der Waals surface area (Å²) in [7, 11) is 0. The van der Waals surface area contributed by atoms with Gasteiger partial charge in [-0.15, -0.1) is 10.2 Å². The zero-order valence-corrected chi connectivity index (χ0v) is 19.4. The maximum absolute atomic E-state index is 5.83. The molecular weight excluding hydrogens is 406 g/mol. The third kappa shape index (κ3) is 8.22. The number of hydrogen-bond donors (Lipinski definition) is 2. The molecule has 9 heteroatoms. The fraction of sp³-hybridized carbons (Fsp3) is 0.600. The lowest BCUT2D eigenvalue weighted by molar-refractivity contribution is 0.477. The number of aryl methyl sites for hydroxylation is 1. The first-order chi connectivity index (χ1) is 14.0. The Bertz CT molecular complexity index is 759. The van der Waals surface area contributed by atoms with Crippen LogP contribution in [-0.2, 0) is 19.4 Å². The number of aliphatic imine (C=N–C) groups is 1. The number of aromatic nitrogens is 4. The Morgan fingerprint density at radius 2 is 2.07 bits per heavy atom. The Hall–Kier alpha value is -1.80. The average molecular weight is 438 g/mol. The molecule has 2 aromatic rings. The zero-order chi connectivity index (χ0) is 21.1. The van der Waals surface area contributed by atoms with E-state index in [2.05, 4.69) is 56.1 Å². The largest absolute Gasteiger partial charge is 0.357 e. The predicted octanol–water partition coefficient (Wildman–Crippen LogP) is 3.43. The minimum Gasteiger partial charge on any atom is -0.357 e. The molecule has 2 N–H and O–H groups in total. The van der Waals surface area contributed by atoms with Gasteiger partial charge in [0, 0.05) is 38.8 Å². The van der Waals surface area contributed by atoms with Crippen LogP contribution >= 0.6 is 23.4 Å². The maximum atomic E-state index is 5.83. The van der Waals surface area contributed by atoms with Crippen LogP contribution < -0.4 is 10.6 Å². The average Bonchev–Trinajstić information content (AvgIpc) is 3.07. The molecule has 0 radical (unpaired) electrons. The van der Waals surface area contributed by atoms with Crippen molar-refractivity contribution in [2.24, 2.45) is 10.9 Å². The maximum Gasteiger partial charge on any atom is 0.191 e. The number of nitrogens with zero attached hydrogens (tertiary/aromatic N) is 5. The van der Waals surface area contributed by atoms with E-state index >= 15 is 0 Å². The molecule has 2 heterocycles. The first-order valence-corrected chi connectivity index (χ1v) is 11.7. The van der Waals surface area contributed by atoms with Crippen molar-refractivity contribution in [1.29, 1.82) is 0 Å². The van der Waals surface area contributed by atoms with E-state index < -0.39 is 0 Å². The lowest BCUT2D eigenvalue weighted by Crippen LogP contribution is -2.38. The van der Waals surface area contributed by atoms with Gasteiger partial charge >= 0.3 is 0 Å². The molecule has 7 nitrogen and oxygen atoms in total. The van der Waals surface area contributed by atoms with Gasteiger partial charge in [0.25, 0.3) is 0 Å². The normalized spacial score (nSPS) is 11.9. The molecule has 0 aromatic carbocycles. The Morgan fingerprint density at radius 1 is 1.24 bits per heavy atom. The summed E-state index contributed by atoms with van der Waals surface area (Å²) in [6.45, 7) is 9.80. The number of thioether (sulfide) groups is 1. The Labute approximate surface area is 183 Å². The molecule has 0 aliphatic carbocycles. The first kappa shape index (κ1) is 23.5. The molecule has 0 bridgehead atoms. The molecule has 0 unspecified atom stereocenters. The van der Waals surface area contributed by atoms with Crippen LogP contribution in [0.2, 0.25) is 5.15 Å². The Morgan fingerprint density at radius 3 is 2.72 bits per heavy atom. The standard InChI is InChI=1S/C20H32ClN7S/c1-5-22-19(24-12-10-16-8-9-17(21)25-13-16)23-11-6-7-18-26-27-20(29-4)28(18)14-15(2)3/h8-9,13,15H,5-7,10-12,14H2,1-4H3,(H2,22,23,24). The lowest BCUT2D eigenvalue weighted by atomic mass is 10.2. The molecule has 160 valence electrons. The summed E-state index contributed by atoms with van der Waals surface area (Å²) in [5.41, 5.74) is 1.15. The summed E-state index contributed by atoms with van der Waals surface area (Å²) in [4.78, 5) is 8.80. The molecule has 2 rings (SSSR count). The number of pyridine rings is 1. The van der Waals surface area contributed by atoms with E-state index in [-0.39, 0.29) is 0 Å². The molecule has 0 saturated carbocycles. The van der Waals surface area contributed by atoms with Gasteiger partial charge in [0.15, 0.2) is 11.1 Å². The number of rotatable bonds is 11. The smallest absolute Gasteiger partial charge is 0.191 e. The van der Waals surface area contributed by atoms with E-state index in [1.807, 2.05) is 24.6 Å². The van der Waals surface area contributed by atoms with Gasteiger partial charge in [-0.05, 0) is 43.6 Å². The SMILES string of the molecule is CCNC(=NCCCc1nnc(SC)n1CC(C)C)NCCc1ccc(Cl)nc1. The highest BCUT2D eigenvalue weighted by Crippen LogP contribution is 2.16. The molecule has 29 heavy (non-hydrogen) atoms. The molecule has 0 aliphatic heterocycles. The third-order valence-corrected chi connectivity index (χ3v) is 5.08. The third-order valence-electron chi connectivity index (χ3n) is 4.19. The van der Waals surface area contributed by atoms with Crippen LogP contribution in [0.5, 0.6) is 0 Å². The summed E-state index contributed by atoms with van der Waals surface area (Å²) < 4.78 is 2.24. The summed E-state index contributed by atoms with van der Waals surface area (Å²) in [6, 6.07) is 3.81. The van der Waals surface area contributed by atoms with E-state index in [9.17, 15) is 0 Å². The second-order valence-corrected chi connectivity index (χ2v) is 8.30. The van der Waals surface area contributed by atoms with Crippen molar-refractivity contribution in [3.8, 4) is 0 Å². The highest BCUT2D eigenvalue weighted by Gasteiger charge is 2.12. The summed E-state index contributed by atoms with van der Waals surface area (Å²) in [5.74, 6) is 2.45. The molecule has 2 aromatic heterocycles. The van der Waals surface area contributed by atoms with Gasteiger partial charge in [0.1, 0.15) is 11.0 Å². The van der Waals surface area contributed by atoms with Gasteiger partial charge in [0.05, 0.1) is 0 Å². The van der Waals surface area contributed by atoms with Crippen molar-refractivity contribution < 1.29 is 0 Å². The van der Waals surface area contributed by atoms with Gasteiger partial charge in [-0.2, -0.15) is 0 Å². The fourth-order valence-corrected chi connectivity index (χ4v) is 3.49. The highest BCUT2D eigenvalue weighted by molar-refractivity contribution is 7.98. The van der Waals surface area contributed by atoms with Crippen molar-refractivity contribution in [2.45, 2.75) is 51.7 Å². The van der Waals surface area contributed by atoms with Crippen molar-refractivity contribution in [3.63, 3.8) is 0 Å². The van der Waals surface area contributed by atoms with Crippen LogP contribution in [0.1, 0.15) is 38.6 Å². The van der Waals surface area contributed by atoms with Crippen molar-refractivity contribution in [2.75, 3.05) is 25.9 Å². The lowest BCUT2D eigenvalue weighted by Gasteiger charge is -2.12. The molecule has 0 atom stereocenters. The van der Waals surface area contributed by atoms with E-state index in [1.54, 1.807) is 11.8 Å². The van der Waals surface area contributed by atoms with Crippen molar-refractivity contribution >= 4 is 29.3 Å². The summed E-state index contributed by atoms with van der Waals surface area (Å²) in [5, 5.41) is 16.9. The van der Waals surface area contributed by atoms with E-state index in [1.165, 1.54) is 0 Å². The Balaban J connectivity index is 1.82. The predicted molar refractivity (Wildman–Crippen MR) is 122 cm³/mol. The van der Waals surface area contributed by atoms with Crippen LogP contribution in [0.25, 0.3) is 0 Å². The molecule has 0 spiro atoms. The molecule has 0 fully saturated rings. The molecular formula is C20H32ClN7S. The Kier molecular flexibility index (Phi) is 10.3. The van der Waals surface area contributed by atoms with E-state index in [0.717, 1.165) is 67.9 Å². The monoisotopic (exact) mass is 437 g/mol. The van der Waals surface area contributed by atoms with Gasteiger partial charge in [-0.3, -0.25) is 4.99 Å². The number of nitrogens with one attached hydrogen (secondary N) is 2. The van der Waals surface area contributed by atoms with Gasteiger partial charge in [-0.1, -0.05) is 43.3 Å². The van der Waals surface area contributed by atoms with Crippen LogP contribution in [0.3, 0.4) is 0 Å². The molecule has 0 aliphatic rings. The summed E-state index contributed by atoms with van der Waals surface area (Å²) >= 11 is 7.48. The van der Waals surface area contributed by atoms with E-state index in [4.69, 9.17) is 11.6 Å². The second kappa shape index (κ2) is 12.7. The number of halogens is 1. The zero-order valence-electron chi connectivity index (χ0n) is 17.8. The van der Waals surface area contributed by atoms with Crippen LogP contribution in [0.15, 0.2) is 28.5 Å². The van der Waals surface area contributed by atoms with Crippen molar-refractivity contribution in [1.82, 2.24) is 30.4 Å². The van der Waals surface area contributed by atoms with E-state index in [0.29, 0.717) is 11.1 Å². The van der Waals surface area contributed by atoms with Crippen LogP contribution in [0.4, 0.5) is 0 Å². The van der Waals surface area contributed by atoms with Gasteiger partial charge in [-0.25, -0.2) is 4.98 Å². The van der Waals surface area contributed by atoms with Crippen LogP contribution in [0, 0.1) is 5.92 Å². The van der Waals surface area contributed by atoms with Gasteiger partial charge < -0.3 is 15.2 Å². The topological polar surface area (TPSA) is 80.0 Å². The highest BCUT2D eigenvalue weighted by atomic mass is 35.5. The molecule has 0 saturated heterocycles. The number of guanidine groups is 1. The first-order valence-electron chi connectivity index (χ1n) is 10.1. The molecule has 0 amide bonds. The minimum absolute atomic E-state index is 0.519. The summed E-state index contributed by atoms with van der Waals surface area (Å²) in [6.07, 6.45) is 6.53. The fourth-order valence-electron chi connectivity index (χ4n) is 2.85. The quantitative estimate of drug-likeness (QED) is 0.184. The second-order valence-electron chi connectivity index (χ2n) is 7.14. The van der Waals surface area contributed by atoms with Crippen LogP contribution in [-0.4, -0.2) is 51.6 Å².